The van der Waals surface area contributed by atoms with Gasteiger partial charge in [-0.05, 0) is 38.5 Å². The monoisotopic (exact) mass is 228 g/mol. The van der Waals surface area contributed by atoms with Crippen molar-refractivity contribution in [2.75, 3.05) is 26.7 Å². The van der Waals surface area contributed by atoms with E-state index in [0.29, 0.717) is 6.10 Å². The zero-order valence-electron chi connectivity index (χ0n) is 11.1. The van der Waals surface area contributed by atoms with Crippen molar-refractivity contribution in [1.82, 2.24) is 10.6 Å². The fourth-order valence-electron chi connectivity index (χ4n) is 2.22. The topological polar surface area (TPSA) is 33.3 Å². The average Bonchev–Trinajstić information content (AvgIpc) is 2.31. The predicted molar refractivity (Wildman–Crippen MR) is 68.8 cm³/mol. The number of nitrogens with one attached hydrogen (secondary N) is 2. The van der Waals surface area contributed by atoms with Crippen LogP contribution in [0.4, 0.5) is 0 Å². The van der Waals surface area contributed by atoms with Crippen molar-refractivity contribution in [3.8, 4) is 0 Å². The second-order valence-electron chi connectivity index (χ2n) is 5.16. The maximum atomic E-state index is 5.18. The molecule has 0 heterocycles. The van der Waals surface area contributed by atoms with Gasteiger partial charge in [-0.3, -0.25) is 0 Å². The van der Waals surface area contributed by atoms with Gasteiger partial charge >= 0.3 is 0 Å². The summed E-state index contributed by atoms with van der Waals surface area (Å²) in [6.45, 7) is 7.52. The highest BCUT2D eigenvalue weighted by atomic mass is 16.5. The van der Waals surface area contributed by atoms with Crippen LogP contribution in [0.15, 0.2) is 0 Å². The third kappa shape index (κ3) is 5.83. The van der Waals surface area contributed by atoms with E-state index in [4.69, 9.17) is 4.74 Å². The Kier molecular flexibility index (Phi) is 7.01. The minimum absolute atomic E-state index is 0.315. The van der Waals surface area contributed by atoms with E-state index in [0.717, 1.165) is 31.6 Å². The van der Waals surface area contributed by atoms with Gasteiger partial charge in [-0.25, -0.2) is 0 Å². The largest absolute Gasteiger partial charge is 0.380 e. The van der Waals surface area contributed by atoms with Gasteiger partial charge in [-0.2, -0.15) is 0 Å². The van der Waals surface area contributed by atoms with Crippen LogP contribution in [0.1, 0.15) is 39.5 Å². The molecule has 3 nitrogen and oxygen atoms in total. The molecule has 1 atom stereocenters. The molecule has 96 valence electrons. The van der Waals surface area contributed by atoms with Gasteiger partial charge in [0.2, 0.25) is 0 Å². The van der Waals surface area contributed by atoms with Crippen LogP contribution in [0.3, 0.4) is 0 Å². The zero-order chi connectivity index (χ0) is 11.8. The average molecular weight is 228 g/mol. The van der Waals surface area contributed by atoms with Crippen molar-refractivity contribution in [3.05, 3.63) is 0 Å². The van der Waals surface area contributed by atoms with Gasteiger partial charge in [0.05, 0.1) is 6.10 Å². The van der Waals surface area contributed by atoms with Gasteiger partial charge in [0.25, 0.3) is 0 Å². The maximum Gasteiger partial charge on any atom is 0.0667 e. The number of rotatable bonds is 7. The van der Waals surface area contributed by atoms with Gasteiger partial charge in [0, 0.05) is 32.8 Å². The molecule has 0 aromatic heterocycles. The van der Waals surface area contributed by atoms with E-state index in [9.17, 15) is 0 Å². The van der Waals surface area contributed by atoms with Crippen LogP contribution in [0.5, 0.6) is 0 Å². The molecule has 0 aromatic carbocycles. The molecule has 0 aliphatic heterocycles. The fourth-order valence-corrected chi connectivity index (χ4v) is 2.22. The molecular formula is C13H28N2O. The summed E-state index contributed by atoms with van der Waals surface area (Å²) >= 11 is 0. The van der Waals surface area contributed by atoms with Crippen molar-refractivity contribution < 1.29 is 4.74 Å². The third-order valence-electron chi connectivity index (χ3n) is 3.58. The van der Waals surface area contributed by atoms with Crippen molar-refractivity contribution >= 4 is 0 Å². The lowest BCUT2D eigenvalue weighted by Gasteiger charge is -2.27. The summed E-state index contributed by atoms with van der Waals surface area (Å²) in [5.74, 6) is 0.943. The number of ether oxygens (including phenoxy) is 1. The first-order chi connectivity index (χ1) is 7.72. The Bertz CT molecular complexity index is 167. The van der Waals surface area contributed by atoms with Crippen LogP contribution in [0, 0.1) is 5.92 Å². The molecule has 2 N–H and O–H groups in total. The number of methoxy groups -OCH3 is 1. The van der Waals surface area contributed by atoms with Crippen LogP contribution in [-0.2, 0) is 4.74 Å². The summed E-state index contributed by atoms with van der Waals surface area (Å²) in [7, 11) is 1.76. The molecule has 1 fully saturated rings. The van der Waals surface area contributed by atoms with Crippen molar-refractivity contribution in [2.24, 2.45) is 5.92 Å². The molecule has 16 heavy (non-hydrogen) atoms. The van der Waals surface area contributed by atoms with Gasteiger partial charge in [-0.15, -0.1) is 0 Å². The standard InChI is InChI=1S/C13H28N2O/c1-11-4-6-13(7-5-11)15-9-8-14-10-12(2)16-3/h11-15H,4-10H2,1-3H3. The number of hydrogen-bond acceptors (Lipinski definition) is 3. The lowest BCUT2D eigenvalue weighted by Crippen LogP contribution is -2.38. The first-order valence-corrected chi connectivity index (χ1v) is 6.69. The third-order valence-corrected chi connectivity index (χ3v) is 3.58. The Hall–Kier alpha value is -0.120. The molecule has 0 spiro atoms. The highest BCUT2D eigenvalue weighted by Gasteiger charge is 2.16. The van der Waals surface area contributed by atoms with Crippen molar-refractivity contribution in [3.63, 3.8) is 0 Å². The Morgan fingerprint density at radius 1 is 1.19 bits per heavy atom. The summed E-state index contributed by atoms with van der Waals surface area (Å²) < 4.78 is 5.18. The van der Waals surface area contributed by atoms with Gasteiger partial charge in [0.15, 0.2) is 0 Å². The van der Waals surface area contributed by atoms with Crippen molar-refractivity contribution in [2.45, 2.75) is 51.7 Å². The maximum absolute atomic E-state index is 5.18. The first-order valence-electron chi connectivity index (χ1n) is 6.69. The van der Waals surface area contributed by atoms with Crippen LogP contribution >= 0.6 is 0 Å². The van der Waals surface area contributed by atoms with E-state index in [1.54, 1.807) is 7.11 Å². The molecule has 0 saturated heterocycles. The minimum Gasteiger partial charge on any atom is -0.380 e. The minimum atomic E-state index is 0.315. The lowest BCUT2D eigenvalue weighted by atomic mass is 9.87. The molecular weight excluding hydrogens is 200 g/mol. The molecule has 1 saturated carbocycles. The van der Waals surface area contributed by atoms with Crippen molar-refractivity contribution in [1.29, 1.82) is 0 Å². The van der Waals surface area contributed by atoms with E-state index in [1.165, 1.54) is 25.7 Å². The summed E-state index contributed by atoms with van der Waals surface area (Å²) in [6, 6.07) is 0.762. The summed E-state index contributed by atoms with van der Waals surface area (Å²) in [5.41, 5.74) is 0. The fraction of sp³-hybridized carbons (Fsp3) is 1.00. The second-order valence-corrected chi connectivity index (χ2v) is 5.16. The Morgan fingerprint density at radius 2 is 1.88 bits per heavy atom. The van der Waals surface area contributed by atoms with Crippen LogP contribution < -0.4 is 10.6 Å². The molecule has 3 heteroatoms. The Labute approximate surface area is 100 Å². The second kappa shape index (κ2) is 8.04. The zero-order valence-corrected chi connectivity index (χ0v) is 11.1. The quantitative estimate of drug-likeness (QED) is 0.652. The molecule has 1 aliphatic carbocycles. The molecule has 0 amide bonds. The smallest absolute Gasteiger partial charge is 0.0667 e. The lowest BCUT2D eigenvalue weighted by molar-refractivity contribution is 0.117. The van der Waals surface area contributed by atoms with E-state index >= 15 is 0 Å². The van der Waals surface area contributed by atoms with E-state index < -0.39 is 0 Å². The SMILES string of the molecule is COC(C)CNCCNC1CCC(C)CC1. The molecule has 1 aliphatic rings. The van der Waals surface area contributed by atoms with Crippen LogP contribution in [-0.4, -0.2) is 38.9 Å². The first kappa shape index (κ1) is 13.9. The molecule has 0 radical (unpaired) electrons. The number of hydrogen-bond donors (Lipinski definition) is 2. The molecule has 0 bridgehead atoms. The van der Waals surface area contributed by atoms with E-state index in [2.05, 4.69) is 24.5 Å². The molecule has 1 unspecified atom stereocenters. The highest BCUT2D eigenvalue weighted by molar-refractivity contribution is 4.75. The normalized spacial score (nSPS) is 27.9. The molecule has 0 aromatic rings. The van der Waals surface area contributed by atoms with Gasteiger partial charge in [-0.1, -0.05) is 6.92 Å². The predicted octanol–water partition coefficient (Wildman–Crippen LogP) is 1.78. The summed E-state index contributed by atoms with van der Waals surface area (Å²) in [6.07, 6.45) is 5.82. The summed E-state index contributed by atoms with van der Waals surface area (Å²) in [5, 5.41) is 7.03. The Morgan fingerprint density at radius 3 is 2.50 bits per heavy atom. The van der Waals surface area contributed by atoms with Crippen LogP contribution in [0.25, 0.3) is 0 Å². The van der Waals surface area contributed by atoms with Crippen LogP contribution in [0.2, 0.25) is 0 Å². The van der Waals surface area contributed by atoms with E-state index in [1.807, 2.05) is 0 Å². The van der Waals surface area contributed by atoms with E-state index in [-0.39, 0.29) is 0 Å². The summed E-state index contributed by atoms with van der Waals surface area (Å²) in [4.78, 5) is 0. The van der Waals surface area contributed by atoms with Gasteiger partial charge < -0.3 is 15.4 Å². The van der Waals surface area contributed by atoms with Gasteiger partial charge in [0.1, 0.15) is 0 Å². The molecule has 1 rings (SSSR count). The Balaban J connectivity index is 1.91. The highest BCUT2D eigenvalue weighted by Crippen LogP contribution is 2.23.